The number of hydrogen-bond acceptors (Lipinski definition) is 3. The summed E-state index contributed by atoms with van der Waals surface area (Å²) >= 11 is 0. The molecule has 0 fully saturated rings. The molecule has 0 unspecified atom stereocenters. The van der Waals surface area contributed by atoms with Crippen molar-refractivity contribution in [2.75, 3.05) is 13.6 Å². The molecule has 154 valence electrons. The van der Waals surface area contributed by atoms with Crippen molar-refractivity contribution in [1.82, 2.24) is 15.6 Å². The quantitative estimate of drug-likeness (QED) is 0.359. The minimum atomic E-state index is -4.64. The molecule has 8 nitrogen and oxygen atoms in total. The summed E-state index contributed by atoms with van der Waals surface area (Å²) in [5, 5.41) is 6.71. The fraction of sp³-hybridized carbons (Fsp3) is 0.211. The van der Waals surface area contributed by atoms with Gasteiger partial charge in [0.1, 0.15) is 5.82 Å². The van der Waals surface area contributed by atoms with Gasteiger partial charge in [-0.1, -0.05) is 24.3 Å². The molecule has 1 aliphatic rings. The summed E-state index contributed by atoms with van der Waals surface area (Å²) in [6, 6.07) is 11.1. The van der Waals surface area contributed by atoms with E-state index in [9.17, 15) is 9.18 Å². The summed E-state index contributed by atoms with van der Waals surface area (Å²) in [6.45, 7) is 1.35. The molecule has 2 aromatic carbocycles. The van der Waals surface area contributed by atoms with E-state index >= 15 is 0 Å². The Morgan fingerprint density at radius 3 is 2.41 bits per heavy atom. The predicted octanol–water partition coefficient (Wildman–Crippen LogP) is 2.05. The largest absolute Gasteiger partial charge is 0.466 e. The highest BCUT2D eigenvalue weighted by Crippen LogP contribution is 2.35. The summed E-state index contributed by atoms with van der Waals surface area (Å²) < 4.78 is 23.2. The van der Waals surface area contributed by atoms with Crippen molar-refractivity contribution in [3.63, 3.8) is 0 Å². The third-order valence-electron chi connectivity index (χ3n) is 4.54. The van der Waals surface area contributed by atoms with Crippen molar-refractivity contribution in [2.24, 2.45) is 0 Å². The van der Waals surface area contributed by atoms with Crippen LogP contribution in [0.2, 0.25) is 0 Å². The number of nitrogens with one attached hydrogen (secondary N) is 3. The van der Waals surface area contributed by atoms with E-state index in [1.807, 2.05) is 19.2 Å². The zero-order valence-electron chi connectivity index (χ0n) is 15.6. The first-order chi connectivity index (χ1) is 13.7. The predicted molar refractivity (Wildman–Crippen MR) is 107 cm³/mol. The zero-order chi connectivity index (χ0) is 21.2. The molecule has 0 saturated carbocycles. The van der Waals surface area contributed by atoms with Crippen molar-refractivity contribution < 1.29 is 28.4 Å². The maximum Gasteiger partial charge on any atom is 0.466 e. The van der Waals surface area contributed by atoms with Crippen LogP contribution in [-0.2, 0) is 17.5 Å². The van der Waals surface area contributed by atoms with Crippen molar-refractivity contribution in [3.8, 4) is 11.3 Å². The molecule has 0 radical (unpaired) electrons. The average molecular weight is 421 g/mol. The Morgan fingerprint density at radius 1 is 1.14 bits per heavy atom. The molecule has 1 aromatic heterocycles. The number of phosphoric acid groups is 1. The number of carbonyl (C=O) groups excluding carboxylic acids is 1. The van der Waals surface area contributed by atoms with E-state index < -0.39 is 7.82 Å². The number of aromatic nitrogens is 1. The van der Waals surface area contributed by atoms with Gasteiger partial charge in [-0.05, 0) is 42.3 Å². The Hall–Kier alpha value is -2.55. The van der Waals surface area contributed by atoms with E-state index in [1.165, 1.54) is 11.6 Å². The first-order valence-electron chi connectivity index (χ1n) is 8.82. The van der Waals surface area contributed by atoms with Gasteiger partial charge in [0.2, 0.25) is 0 Å². The van der Waals surface area contributed by atoms with Crippen molar-refractivity contribution in [3.05, 3.63) is 58.9 Å². The SMILES string of the molecule is CNCc1ccc(-c2[nH]c3c(F)ccc4c3c2CCNC4=O)cc1.O=P(O)(O)O. The van der Waals surface area contributed by atoms with Crippen LogP contribution in [0, 0.1) is 5.82 Å². The van der Waals surface area contributed by atoms with E-state index in [2.05, 4.69) is 27.8 Å². The first-order valence-corrected chi connectivity index (χ1v) is 10.4. The molecule has 0 aliphatic carbocycles. The summed E-state index contributed by atoms with van der Waals surface area (Å²) in [4.78, 5) is 37.0. The maximum atomic E-state index is 14.3. The topological polar surface area (TPSA) is 135 Å². The van der Waals surface area contributed by atoms with Gasteiger partial charge in [-0.15, -0.1) is 0 Å². The van der Waals surface area contributed by atoms with E-state index in [0.717, 1.165) is 23.4 Å². The molecule has 2 heterocycles. The molecule has 6 N–H and O–H groups in total. The number of aromatic amines is 1. The average Bonchev–Trinajstić information content (AvgIpc) is 2.93. The van der Waals surface area contributed by atoms with Gasteiger partial charge in [-0.2, -0.15) is 0 Å². The normalized spacial score (nSPS) is 13.5. The van der Waals surface area contributed by atoms with Crippen LogP contribution in [0.4, 0.5) is 4.39 Å². The van der Waals surface area contributed by atoms with E-state index in [4.69, 9.17) is 19.2 Å². The van der Waals surface area contributed by atoms with Gasteiger partial charge in [0.05, 0.1) is 5.52 Å². The molecular formula is C19H21FN3O5P. The summed E-state index contributed by atoms with van der Waals surface area (Å²) in [5.74, 6) is -0.476. The summed E-state index contributed by atoms with van der Waals surface area (Å²) in [5.41, 5.74) is 5.03. The third kappa shape index (κ3) is 4.90. The summed E-state index contributed by atoms with van der Waals surface area (Å²) in [7, 11) is -2.73. The summed E-state index contributed by atoms with van der Waals surface area (Å²) in [6.07, 6.45) is 0.676. The Labute approximate surface area is 166 Å². The van der Waals surface area contributed by atoms with Gasteiger partial charge >= 0.3 is 7.82 Å². The Kier molecular flexibility index (Phi) is 6.16. The van der Waals surface area contributed by atoms with E-state index in [0.29, 0.717) is 29.4 Å². The van der Waals surface area contributed by atoms with Crippen molar-refractivity contribution in [2.45, 2.75) is 13.0 Å². The van der Waals surface area contributed by atoms with Crippen LogP contribution in [-0.4, -0.2) is 39.2 Å². The molecule has 0 saturated heterocycles. The lowest BCUT2D eigenvalue weighted by Gasteiger charge is -2.06. The fourth-order valence-corrected chi connectivity index (χ4v) is 3.41. The minimum Gasteiger partial charge on any atom is -0.352 e. The molecule has 0 bridgehead atoms. The second-order valence-corrected chi connectivity index (χ2v) is 7.60. The van der Waals surface area contributed by atoms with Crippen LogP contribution in [0.25, 0.3) is 22.2 Å². The van der Waals surface area contributed by atoms with Gasteiger partial charge in [0, 0.05) is 29.7 Å². The number of hydrogen-bond donors (Lipinski definition) is 6. The Balaban J connectivity index is 0.000000431. The van der Waals surface area contributed by atoms with Crippen LogP contribution in [0.15, 0.2) is 36.4 Å². The van der Waals surface area contributed by atoms with Crippen molar-refractivity contribution in [1.29, 1.82) is 0 Å². The Morgan fingerprint density at radius 2 is 1.79 bits per heavy atom. The maximum absolute atomic E-state index is 14.3. The van der Waals surface area contributed by atoms with Crippen molar-refractivity contribution >= 4 is 24.6 Å². The number of rotatable bonds is 3. The fourth-order valence-electron chi connectivity index (χ4n) is 3.41. The second-order valence-electron chi connectivity index (χ2n) is 6.57. The number of amides is 1. The van der Waals surface area contributed by atoms with Gasteiger partial charge in [0.25, 0.3) is 5.91 Å². The van der Waals surface area contributed by atoms with Crippen LogP contribution in [0.3, 0.4) is 0 Å². The standard InChI is InChI=1S/C19H18FN3O.H3O4P/c1-21-10-11-2-4-12(5-3-11)17-13-8-9-22-19(24)14-6-7-15(20)18(23-17)16(13)14;1-5(2,3)4/h2-7,21,23H,8-10H2,1H3,(H,22,24);(H3,1,2,3,4). The van der Waals surface area contributed by atoms with Crippen LogP contribution in [0.1, 0.15) is 21.5 Å². The minimum absolute atomic E-state index is 0.145. The van der Waals surface area contributed by atoms with Gasteiger partial charge in [-0.3, -0.25) is 4.79 Å². The molecule has 1 aliphatic heterocycles. The molecular weight excluding hydrogens is 400 g/mol. The Bertz CT molecular complexity index is 1080. The molecule has 3 aromatic rings. The van der Waals surface area contributed by atoms with E-state index in [-0.39, 0.29) is 11.7 Å². The number of halogens is 1. The molecule has 4 rings (SSSR count). The van der Waals surface area contributed by atoms with Crippen LogP contribution >= 0.6 is 7.82 Å². The lowest BCUT2D eigenvalue weighted by Crippen LogP contribution is -2.23. The number of H-pyrrole nitrogens is 1. The van der Waals surface area contributed by atoms with Gasteiger partial charge in [-0.25, -0.2) is 8.96 Å². The number of carbonyl (C=O) groups is 1. The molecule has 0 atom stereocenters. The highest BCUT2D eigenvalue weighted by Gasteiger charge is 2.24. The molecule has 0 spiro atoms. The van der Waals surface area contributed by atoms with Crippen LogP contribution < -0.4 is 10.6 Å². The molecule has 10 heteroatoms. The molecule has 1 amide bonds. The highest BCUT2D eigenvalue weighted by molar-refractivity contribution is 7.45. The zero-order valence-corrected chi connectivity index (χ0v) is 16.5. The lowest BCUT2D eigenvalue weighted by molar-refractivity contribution is 0.0957. The van der Waals surface area contributed by atoms with E-state index in [1.54, 1.807) is 6.07 Å². The van der Waals surface area contributed by atoms with Gasteiger partial charge < -0.3 is 30.3 Å². The smallest absolute Gasteiger partial charge is 0.352 e. The molecule has 29 heavy (non-hydrogen) atoms. The first kappa shape index (κ1) is 21.2. The highest BCUT2D eigenvalue weighted by atomic mass is 31.2. The number of benzene rings is 2. The van der Waals surface area contributed by atoms with Gasteiger partial charge in [0.15, 0.2) is 0 Å². The lowest BCUT2D eigenvalue weighted by atomic mass is 9.99. The monoisotopic (exact) mass is 421 g/mol. The van der Waals surface area contributed by atoms with Crippen LogP contribution in [0.5, 0.6) is 0 Å². The second kappa shape index (κ2) is 8.44. The third-order valence-corrected chi connectivity index (χ3v) is 4.54.